The van der Waals surface area contributed by atoms with E-state index in [4.69, 9.17) is 0 Å². The summed E-state index contributed by atoms with van der Waals surface area (Å²) >= 11 is 0. The number of allylic oxidation sites excluding steroid dienone is 2. The van der Waals surface area contributed by atoms with Crippen molar-refractivity contribution < 1.29 is 22.7 Å². The zero-order valence-corrected chi connectivity index (χ0v) is 12.5. The molecule has 2 rings (SSSR count). The number of halogens is 1. The Hall–Kier alpha value is -1.77. The summed E-state index contributed by atoms with van der Waals surface area (Å²) in [6.07, 6.45) is 1.79. The number of nitrogens with one attached hydrogen (secondary N) is 1. The Morgan fingerprint density at radius 1 is 1.29 bits per heavy atom. The van der Waals surface area contributed by atoms with Crippen LogP contribution in [-0.2, 0) is 23.5 Å². The lowest BCUT2D eigenvalue weighted by Gasteiger charge is -2.11. The molecule has 1 aromatic carbocycles. The molecule has 1 aliphatic heterocycles. The van der Waals surface area contributed by atoms with E-state index in [9.17, 15) is 22.7 Å². The summed E-state index contributed by atoms with van der Waals surface area (Å²) in [5.74, 6) is -1.10. The predicted molar refractivity (Wildman–Crippen MR) is 78.6 cm³/mol. The van der Waals surface area contributed by atoms with Crippen LogP contribution < -0.4 is 5.32 Å². The Balaban J connectivity index is 2.35. The van der Waals surface area contributed by atoms with Crippen LogP contribution in [0.5, 0.6) is 0 Å². The quantitative estimate of drug-likeness (QED) is 0.864. The molecule has 1 amide bonds. The van der Waals surface area contributed by atoms with Gasteiger partial charge in [-0.25, -0.2) is 4.39 Å². The van der Waals surface area contributed by atoms with Crippen LogP contribution >= 0.6 is 0 Å². The number of hydrogen-bond donors (Lipinski definition) is 2. The van der Waals surface area contributed by atoms with Crippen LogP contribution in [0.1, 0.15) is 12.5 Å². The Labute approximate surface area is 123 Å². The molecule has 0 aliphatic carbocycles. The number of benzene rings is 1. The van der Waals surface area contributed by atoms with E-state index in [1.54, 1.807) is 6.08 Å². The third-order valence-electron chi connectivity index (χ3n) is 2.68. The van der Waals surface area contributed by atoms with Crippen LogP contribution in [0.15, 0.2) is 41.4 Å². The van der Waals surface area contributed by atoms with Crippen LogP contribution in [0.3, 0.4) is 0 Å². The van der Waals surface area contributed by atoms with Gasteiger partial charge in [-0.3, -0.25) is 4.79 Å². The van der Waals surface area contributed by atoms with Crippen molar-refractivity contribution in [3.8, 4) is 0 Å². The van der Waals surface area contributed by atoms with Gasteiger partial charge >= 0.3 is 0 Å². The largest absolute Gasteiger partial charge is 0.384 e. The molecule has 5 nitrogen and oxygen atoms in total. The second-order valence-corrected chi connectivity index (χ2v) is 7.85. The summed E-state index contributed by atoms with van der Waals surface area (Å²) in [6.45, 7) is 1.28. The minimum Gasteiger partial charge on any atom is -0.384 e. The molecule has 21 heavy (non-hydrogen) atoms. The Bertz CT molecular complexity index is 769. The van der Waals surface area contributed by atoms with E-state index in [1.165, 1.54) is 37.3 Å². The zero-order valence-electron chi connectivity index (χ0n) is 10.9. The van der Waals surface area contributed by atoms with Gasteiger partial charge in [0.1, 0.15) is 11.9 Å². The van der Waals surface area contributed by atoms with E-state index in [1.807, 2.05) is 0 Å². The topological polar surface area (TPSA) is 83.5 Å². The summed E-state index contributed by atoms with van der Waals surface area (Å²) in [5.41, 5.74) is 0.557. The van der Waals surface area contributed by atoms with Crippen molar-refractivity contribution in [3.05, 3.63) is 52.8 Å². The first-order valence-electron chi connectivity index (χ1n) is 5.91. The van der Waals surface area contributed by atoms with E-state index in [0.717, 1.165) is 0 Å². The van der Waals surface area contributed by atoms with Crippen molar-refractivity contribution in [2.45, 2.75) is 13.0 Å². The lowest BCUT2D eigenvalue weighted by Crippen LogP contribution is -2.32. The predicted octanol–water partition coefficient (Wildman–Crippen LogP) is 0.931. The SMILES string of the molecule is CC(O)C(=O)NC1=CC=C(c2ccc(F)cc2)S1=S(=O)=O. The van der Waals surface area contributed by atoms with E-state index in [-0.39, 0.29) is 5.03 Å². The molecular formula is C13H12FNO4S2. The average Bonchev–Trinajstić information content (AvgIpc) is 2.83. The zero-order chi connectivity index (χ0) is 15.6. The third kappa shape index (κ3) is 3.46. The molecule has 0 saturated heterocycles. The second kappa shape index (κ2) is 6.33. The number of rotatable bonds is 3. The molecule has 1 aliphatic rings. The van der Waals surface area contributed by atoms with Gasteiger partial charge in [-0.05, 0) is 36.8 Å². The van der Waals surface area contributed by atoms with Gasteiger partial charge in [0.25, 0.3) is 15.2 Å². The van der Waals surface area contributed by atoms with Crippen LogP contribution in [0, 0.1) is 5.82 Å². The molecular weight excluding hydrogens is 317 g/mol. The van der Waals surface area contributed by atoms with Gasteiger partial charge in [0, 0.05) is 14.4 Å². The molecule has 2 N–H and O–H groups in total. The van der Waals surface area contributed by atoms with Gasteiger partial charge in [0.2, 0.25) is 0 Å². The molecule has 0 radical (unpaired) electrons. The standard InChI is InChI=1S/C13H12FNO4S2/c1-8(16)13(17)15-12-7-6-11(20(12)21(18)19)9-2-4-10(14)5-3-9/h2-8,16H,1H3,(H,15,17). The maximum Gasteiger partial charge on any atom is 0.253 e. The summed E-state index contributed by atoms with van der Waals surface area (Å²) in [5, 5.41) is 11.7. The van der Waals surface area contributed by atoms with Crippen molar-refractivity contribution in [1.29, 1.82) is 0 Å². The molecule has 0 saturated carbocycles. The minimum atomic E-state index is -2.49. The molecule has 2 atom stereocenters. The third-order valence-corrected chi connectivity index (χ3v) is 6.25. The first-order chi connectivity index (χ1) is 9.90. The van der Waals surface area contributed by atoms with Crippen molar-refractivity contribution >= 4 is 29.5 Å². The van der Waals surface area contributed by atoms with Crippen LogP contribution in [0.2, 0.25) is 0 Å². The molecule has 0 spiro atoms. The summed E-state index contributed by atoms with van der Waals surface area (Å²) in [4.78, 5) is 11.9. The van der Waals surface area contributed by atoms with Crippen LogP contribution in [-0.4, -0.2) is 25.5 Å². The van der Waals surface area contributed by atoms with E-state index < -0.39 is 36.5 Å². The fourth-order valence-corrected chi connectivity index (χ4v) is 4.75. The highest BCUT2D eigenvalue weighted by Gasteiger charge is 2.22. The number of amides is 1. The second-order valence-electron chi connectivity index (χ2n) is 4.21. The Morgan fingerprint density at radius 2 is 1.90 bits per heavy atom. The van der Waals surface area contributed by atoms with Gasteiger partial charge in [0.05, 0.1) is 5.03 Å². The molecule has 1 aromatic rings. The molecule has 0 fully saturated rings. The molecule has 2 unspecified atom stereocenters. The molecule has 0 aromatic heterocycles. The number of carbonyl (C=O) groups is 1. The number of aliphatic hydroxyl groups excluding tert-OH is 1. The van der Waals surface area contributed by atoms with Crippen LogP contribution in [0.25, 0.3) is 4.91 Å². The highest BCUT2D eigenvalue weighted by Crippen LogP contribution is 2.28. The molecule has 1 heterocycles. The molecule has 8 heteroatoms. The van der Waals surface area contributed by atoms with Crippen molar-refractivity contribution in [2.75, 3.05) is 0 Å². The Kier molecular flexibility index (Phi) is 4.71. The summed E-state index contributed by atoms with van der Waals surface area (Å²) < 4.78 is 35.8. The normalized spacial score (nSPS) is 18.7. The maximum absolute atomic E-state index is 12.9. The van der Waals surface area contributed by atoms with E-state index >= 15 is 0 Å². The number of hydrogen-bond acceptors (Lipinski definition) is 4. The average molecular weight is 329 g/mol. The van der Waals surface area contributed by atoms with Crippen LogP contribution in [0.4, 0.5) is 4.39 Å². The minimum absolute atomic E-state index is 0.188. The van der Waals surface area contributed by atoms with Crippen molar-refractivity contribution in [2.24, 2.45) is 0 Å². The summed E-state index contributed by atoms with van der Waals surface area (Å²) in [7, 11) is -3.86. The first kappa shape index (κ1) is 15.6. The number of carbonyl (C=O) groups excluding carboxylic acids is 1. The highest BCUT2D eigenvalue weighted by molar-refractivity contribution is 8.40. The fourth-order valence-electron chi connectivity index (χ4n) is 1.67. The van der Waals surface area contributed by atoms with Crippen molar-refractivity contribution in [1.82, 2.24) is 5.32 Å². The molecule has 112 valence electrons. The van der Waals surface area contributed by atoms with Gasteiger partial charge in [0.15, 0.2) is 0 Å². The lowest BCUT2D eigenvalue weighted by atomic mass is 10.2. The summed E-state index contributed by atoms with van der Waals surface area (Å²) in [6, 6.07) is 5.41. The van der Waals surface area contributed by atoms with Gasteiger partial charge in [-0.2, -0.15) is 8.42 Å². The first-order valence-corrected chi connectivity index (χ1v) is 8.72. The highest BCUT2D eigenvalue weighted by atomic mass is 32.9. The Morgan fingerprint density at radius 3 is 2.43 bits per heavy atom. The van der Waals surface area contributed by atoms with E-state index in [0.29, 0.717) is 10.5 Å². The van der Waals surface area contributed by atoms with Gasteiger partial charge < -0.3 is 10.4 Å². The monoisotopic (exact) mass is 329 g/mol. The maximum atomic E-state index is 12.9. The van der Waals surface area contributed by atoms with Gasteiger partial charge in [-0.1, -0.05) is 12.1 Å². The smallest absolute Gasteiger partial charge is 0.253 e. The number of aliphatic hydroxyl groups is 1. The molecule has 0 bridgehead atoms. The van der Waals surface area contributed by atoms with Crippen molar-refractivity contribution in [3.63, 3.8) is 0 Å². The van der Waals surface area contributed by atoms with Gasteiger partial charge in [-0.15, -0.1) is 0 Å². The van der Waals surface area contributed by atoms with E-state index in [2.05, 4.69) is 5.32 Å². The lowest BCUT2D eigenvalue weighted by molar-refractivity contribution is -0.127. The fraction of sp³-hybridized carbons (Fsp3) is 0.154.